The van der Waals surface area contributed by atoms with Gasteiger partial charge >= 0.3 is 17.9 Å². The van der Waals surface area contributed by atoms with E-state index in [-0.39, 0.29) is 17.2 Å². The average Bonchev–Trinajstić information content (AvgIpc) is 2.72. The molecule has 0 saturated heterocycles. The van der Waals surface area contributed by atoms with Crippen LogP contribution in [0.25, 0.3) is 0 Å². The number of rotatable bonds is 6. The Morgan fingerprint density at radius 1 is 0.967 bits per heavy atom. The second kappa shape index (κ2) is 10.3. The summed E-state index contributed by atoms with van der Waals surface area (Å²) in [6.45, 7) is 4.74. The summed E-state index contributed by atoms with van der Waals surface area (Å²) in [6.07, 6.45) is 4.11. The van der Waals surface area contributed by atoms with Gasteiger partial charge in [0, 0.05) is 17.4 Å². The Morgan fingerprint density at radius 3 is 2.00 bits per heavy atom. The summed E-state index contributed by atoms with van der Waals surface area (Å²) < 4.78 is 14.8. The Kier molecular flexibility index (Phi) is 8.02. The molecule has 0 aromatic rings. The van der Waals surface area contributed by atoms with Gasteiger partial charge in [-0.25, -0.2) is 9.59 Å². The number of methoxy groups -OCH3 is 2. The predicted octanol–water partition coefficient (Wildman–Crippen LogP) is 1.34. The molecule has 9 heteroatoms. The predicted molar refractivity (Wildman–Crippen MR) is 107 cm³/mol. The van der Waals surface area contributed by atoms with E-state index >= 15 is 0 Å². The maximum absolute atomic E-state index is 12.9. The van der Waals surface area contributed by atoms with Gasteiger partial charge in [-0.3, -0.25) is 9.59 Å². The summed E-state index contributed by atoms with van der Waals surface area (Å²) in [5, 5.41) is 5.79. The Bertz CT molecular complexity index is 746. The third-order valence-electron chi connectivity index (χ3n) is 5.61. The number of carbonyl (C=O) groups excluding carboxylic acids is 4. The van der Waals surface area contributed by atoms with E-state index in [9.17, 15) is 19.2 Å². The molecule has 0 aromatic heterocycles. The Balaban J connectivity index is 2.17. The number of esters is 3. The van der Waals surface area contributed by atoms with Gasteiger partial charge < -0.3 is 24.8 Å². The number of hydrogen-bond acceptors (Lipinski definition) is 8. The van der Waals surface area contributed by atoms with Crippen molar-refractivity contribution in [1.29, 1.82) is 0 Å². The topological polar surface area (TPSA) is 120 Å². The van der Waals surface area contributed by atoms with Crippen LogP contribution in [-0.4, -0.2) is 50.7 Å². The standard InChI is InChI=1S/C21H30N2O7/c1-11-8-6-7-9-14(11)23-15(24)10-30-21(27)18-16(19(25)28-4)12(2)22-13(3)17(18)20(26)29-5/h11,14,18,22H,6-10H2,1-5H3,(H,23,24)/t11-,14-/m0/s1. The second-order valence-electron chi connectivity index (χ2n) is 7.66. The molecule has 0 spiro atoms. The minimum absolute atomic E-state index is 0.0457. The van der Waals surface area contributed by atoms with Crippen LogP contribution in [0.2, 0.25) is 0 Å². The first kappa shape index (κ1) is 23.4. The summed E-state index contributed by atoms with van der Waals surface area (Å²) in [5.74, 6) is -3.88. The molecule has 1 aliphatic carbocycles. The number of allylic oxidation sites excluding steroid dienone is 2. The molecule has 2 N–H and O–H groups in total. The lowest BCUT2D eigenvalue weighted by Gasteiger charge is -2.30. The van der Waals surface area contributed by atoms with Crippen molar-refractivity contribution in [3.05, 3.63) is 22.5 Å². The summed E-state index contributed by atoms with van der Waals surface area (Å²) in [6, 6.07) is 0.0457. The maximum Gasteiger partial charge on any atom is 0.336 e. The van der Waals surface area contributed by atoms with Crippen molar-refractivity contribution in [3.8, 4) is 0 Å². The molecular weight excluding hydrogens is 392 g/mol. The smallest absolute Gasteiger partial charge is 0.336 e. The normalized spacial score (nSPS) is 22.2. The summed E-state index contributed by atoms with van der Waals surface area (Å²) in [4.78, 5) is 49.8. The maximum atomic E-state index is 12.9. The van der Waals surface area contributed by atoms with E-state index < -0.39 is 36.3 Å². The third kappa shape index (κ3) is 5.20. The van der Waals surface area contributed by atoms with Gasteiger partial charge in [0.1, 0.15) is 5.92 Å². The van der Waals surface area contributed by atoms with Crippen molar-refractivity contribution < 1.29 is 33.4 Å². The van der Waals surface area contributed by atoms with E-state index in [2.05, 4.69) is 17.6 Å². The SMILES string of the molecule is COC(=O)C1=C(C)NC(C)=C(C(=O)OC)C1C(=O)OCC(=O)N[C@H]1CCCC[C@@H]1C. The Morgan fingerprint density at radius 2 is 1.50 bits per heavy atom. The highest BCUT2D eigenvalue weighted by atomic mass is 16.5. The minimum Gasteiger partial charge on any atom is -0.466 e. The molecule has 30 heavy (non-hydrogen) atoms. The van der Waals surface area contributed by atoms with Crippen LogP contribution in [0.3, 0.4) is 0 Å². The third-order valence-corrected chi connectivity index (χ3v) is 5.61. The second-order valence-corrected chi connectivity index (χ2v) is 7.66. The van der Waals surface area contributed by atoms with E-state index in [4.69, 9.17) is 14.2 Å². The molecule has 1 saturated carbocycles. The molecule has 2 aliphatic rings. The number of hydrogen-bond donors (Lipinski definition) is 2. The Hall–Kier alpha value is -2.84. The molecule has 2 atom stereocenters. The minimum atomic E-state index is -1.35. The van der Waals surface area contributed by atoms with Crippen molar-refractivity contribution in [1.82, 2.24) is 10.6 Å². The highest BCUT2D eigenvalue weighted by Crippen LogP contribution is 2.32. The highest BCUT2D eigenvalue weighted by Gasteiger charge is 2.42. The van der Waals surface area contributed by atoms with Gasteiger partial charge in [0.25, 0.3) is 5.91 Å². The number of ether oxygens (including phenoxy) is 3. The van der Waals surface area contributed by atoms with E-state index in [1.165, 1.54) is 14.2 Å². The molecule has 0 bridgehead atoms. The quantitative estimate of drug-likeness (QED) is 0.486. The molecule has 9 nitrogen and oxygen atoms in total. The number of amides is 1. The van der Waals surface area contributed by atoms with E-state index in [1.54, 1.807) is 13.8 Å². The van der Waals surface area contributed by atoms with Crippen LogP contribution in [-0.2, 0) is 33.4 Å². The van der Waals surface area contributed by atoms with Crippen LogP contribution in [0.4, 0.5) is 0 Å². The van der Waals surface area contributed by atoms with Crippen LogP contribution < -0.4 is 10.6 Å². The number of dihydropyridines is 1. The average molecular weight is 422 g/mol. The van der Waals surface area contributed by atoms with Crippen LogP contribution in [0.1, 0.15) is 46.5 Å². The summed E-state index contributed by atoms with van der Waals surface area (Å²) >= 11 is 0. The number of carbonyl (C=O) groups is 4. The van der Waals surface area contributed by atoms with E-state index in [0.717, 1.165) is 25.7 Å². The zero-order chi connectivity index (χ0) is 22.4. The Labute approximate surface area is 176 Å². The van der Waals surface area contributed by atoms with Gasteiger partial charge in [-0.05, 0) is 32.6 Å². The molecule has 1 heterocycles. The summed E-state index contributed by atoms with van der Waals surface area (Å²) in [7, 11) is 2.35. The van der Waals surface area contributed by atoms with Crippen LogP contribution in [0.15, 0.2) is 22.5 Å². The first-order chi connectivity index (χ1) is 14.2. The molecule has 0 unspecified atom stereocenters. The lowest BCUT2D eigenvalue weighted by atomic mass is 9.85. The molecular formula is C21H30N2O7. The first-order valence-electron chi connectivity index (χ1n) is 10.0. The molecule has 0 aromatic carbocycles. The highest BCUT2D eigenvalue weighted by molar-refractivity contribution is 6.05. The van der Waals surface area contributed by atoms with Crippen molar-refractivity contribution in [2.45, 2.75) is 52.5 Å². The van der Waals surface area contributed by atoms with Crippen molar-refractivity contribution in [2.75, 3.05) is 20.8 Å². The zero-order valence-electron chi connectivity index (χ0n) is 18.1. The van der Waals surface area contributed by atoms with Crippen LogP contribution in [0.5, 0.6) is 0 Å². The monoisotopic (exact) mass is 422 g/mol. The fourth-order valence-corrected chi connectivity index (χ4v) is 3.99. The van der Waals surface area contributed by atoms with Crippen molar-refractivity contribution in [3.63, 3.8) is 0 Å². The number of nitrogens with one attached hydrogen (secondary N) is 2. The lowest BCUT2D eigenvalue weighted by Crippen LogP contribution is -2.43. The molecule has 1 amide bonds. The van der Waals surface area contributed by atoms with E-state index in [1.807, 2.05) is 0 Å². The van der Waals surface area contributed by atoms with Crippen LogP contribution >= 0.6 is 0 Å². The fourth-order valence-electron chi connectivity index (χ4n) is 3.99. The molecule has 2 rings (SSSR count). The van der Waals surface area contributed by atoms with E-state index in [0.29, 0.717) is 17.3 Å². The molecule has 166 valence electrons. The van der Waals surface area contributed by atoms with Crippen LogP contribution in [0, 0.1) is 11.8 Å². The molecule has 1 aliphatic heterocycles. The van der Waals surface area contributed by atoms with Crippen molar-refractivity contribution in [2.24, 2.45) is 11.8 Å². The largest absolute Gasteiger partial charge is 0.466 e. The van der Waals surface area contributed by atoms with Gasteiger partial charge in [-0.15, -0.1) is 0 Å². The van der Waals surface area contributed by atoms with Gasteiger partial charge in [-0.1, -0.05) is 19.8 Å². The van der Waals surface area contributed by atoms with Crippen molar-refractivity contribution >= 4 is 23.8 Å². The van der Waals surface area contributed by atoms with Gasteiger partial charge in [0.15, 0.2) is 6.61 Å². The fraction of sp³-hybridized carbons (Fsp3) is 0.619. The molecule has 1 fully saturated rings. The summed E-state index contributed by atoms with van der Waals surface area (Å²) in [5.41, 5.74) is 0.591. The van der Waals surface area contributed by atoms with Gasteiger partial charge in [-0.2, -0.15) is 0 Å². The molecule has 0 radical (unpaired) electrons. The van der Waals surface area contributed by atoms with Gasteiger partial charge in [0.2, 0.25) is 0 Å². The van der Waals surface area contributed by atoms with Gasteiger partial charge in [0.05, 0.1) is 25.4 Å². The lowest BCUT2D eigenvalue weighted by molar-refractivity contribution is -0.153. The zero-order valence-corrected chi connectivity index (χ0v) is 18.1. The first-order valence-corrected chi connectivity index (χ1v) is 10.0.